The molecule has 31 heavy (non-hydrogen) atoms. The molecule has 0 aliphatic carbocycles. The predicted octanol–water partition coefficient (Wildman–Crippen LogP) is 3.03. The number of ether oxygens (including phenoxy) is 2. The molecule has 0 unspecified atom stereocenters. The fourth-order valence-corrected chi connectivity index (χ4v) is 4.09. The molecule has 166 valence electrons. The van der Waals surface area contributed by atoms with Crippen LogP contribution in [0.4, 0.5) is 4.39 Å². The molecule has 0 spiro atoms. The van der Waals surface area contributed by atoms with Gasteiger partial charge in [0.25, 0.3) is 0 Å². The van der Waals surface area contributed by atoms with Gasteiger partial charge in [-0.3, -0.25) is 4.57 Å². The van der Waals surface area contributed by atoms with Crippen molar-refractivity contribution in [1.29, 1.82) is 0 Å². The topological polar surface area (TPSA) is 95.3 Å². The second-order valence-corrected chi connectivity index (χ2v) is 9.41. The summed E-state index contributed by atoms with van der Waals surface area (Å²) < 4.78 is 51.8. The highest BCUT2D eigenvalue weighted by Crippen LogP contribution is 2.25. The highest BCUT2D eigenvalue weighted by Gasteiger charge is 2.17. The molecule has 0 bridgehead atoms. The highest BCUT2D eigenvalue weighted by molar-refractivity contribution is 7.99. The average Bonchev–Trinajstić information content (AvgIpc) is 3.14. The smallest absolute Gasteiger partial charge is 0.208 e. The van der Waals surface area contributed by atoms with Crippen LogP contribution < -0.4 is 14.2 Å². The van der Waals surface area contributed by atoms with Gasteiger partial charge in [-0.05, 0) is 42.8 Å². The van der Waals surface area contributed by atoms with Gasteiger partial charge in [0.15, 0.2) is 11.0 Å². The molecule has 1 N–H and O–H groups in total. The second-order valence-electron chi connectivity index (χ2n) is 6.52. The van der Waals surface area contributed by atoms with Crippen molar-refractivity contribution in [1.82, 2.24) is 19.5 Å². The molecule has 0 amide bonds. The predicted molar refractivity (Wildman–Crippen MR) is 117 cm³/mol. The zero-order valence-electron chi connectivity index (χ0n) is 17.1. The molecule has 11 heteroatoms. The Kier molecular flexibility index (Phi) is 7.88. The van der Waals surface area contributed by atoms with E-state index in [1.807, 2.05) is 0 Å². The standard InChI is InChI=1S/C20H23FN4O4S2/c1-28-15-8-10-16(11-9-15)29-14-19-23-24-20(30-13-5-12-22-31(2,26)27)25(19)18-7-4-3-6-17(18)21/h3-4,6-11,22H,5,12-14H2,1-2H3. The minimum Gasteiger partial charge on any atom is -0.497 e. The average molecular weight is 467 g/mol. The van der Waals surface area contributed by atoms with E-state index in [1.54, 1.807) is 54.1 Å². The van der Waals surface area contributed by atoms with Gasteiger partial charge in [-0.25, -0.2) is 17.5 Å². The maximum atomic E-state index is 14.5. The lowest BCUT2D eigenvalue weighted by molar-refractivity contribution is 0.292. The fourth-order valence-electron chi connectivity index (χ4n) is 2.68. The first kappa shape index (κ1) is 23.0. The monoisotopic (exact) mass is 466 g/mol. The Bertz CT molecular complexity index is 1100. The van der Waals surface area contributed by atoms with Gasteiger partial charge in [0, 0.05) is 12.3 Å². The summed E-state index contributed by atoms with van der Waals surface area (Å²) in [5.41, 5.74) is 0.317. The van der Waals surface area contributed by atoms with Gasteiger partial charge in [-0.1, -0.05) is 23.9 Å². The summed E-state index contributed by atoms with van der Waals surface area (Å²) >= 11 is 1.36. The summed E-state index contributed by atoms with van der Waals surface area (Å²) in [6.07, 6.45) is 1.70. The van der Waals surface area contributed by atoms with Crippen LogP contribution in [0.1, 0.15) is 12.2 Å². The van der Waals surface area contributed by atoms with Crippen molar-refractivity contribution < 1.29 is 22.3 Å². The van der Waals surface area contributed by atoms with Crippen molar-refractivity contribution in [2.45, 2.75) is 18.2 Å². The van der Waals surface area contributed by atoms with Crippen LogP contribution >= 0.6 is 11.8 Å². The van der Waals surface area contributed by atoms with E-state index in [-0.39, 0.29) is 6.61 Å². The van der Waals surface area contributed by atoms with Crippen molar-refractivity contribution in [2.24, 2.45) is 0 Å². The first-order valence-corrected chi connectivity index (χ1v) is 12.3. The van der Waals surface area contributed by atoms with Crippen LogP contribution in [0, 0.1) is 5.82 Å². The molecule has 1 heterocycles. The number of rotatable bonds is 11. The van der Waals surface area contributed by atoms with E-state index in [9.17, 15) is 12.8 Å². The zero-order valence-corrected chi connectivity index (χ0v) is 18.7. The molecule has 0 saturated carbocycles. The molecule has 0 saturated heterocycles. The lowest BCUT2D eigenvalue weighted by atomic mass is 10.3. The third-order valence-corrected chi connectivity index (χ3v) is 5.88. The third-order valence-electron chi connectivity index (χ3n) is 4.14. The summed E-state index contributed by atoms with van der Waals surface area (Å²) in [5, 5.41) is 8.87. The highest BCUT2D eigenvalue weighted by atomic mass is 32.2. The van der Waals surface area contributed by atoms with Crippen molar-refractivity contribution >= 4 is 21.8 Å². The van der Waals surface area contributed by atoms with Crippen LogP contribution in [0.3, 0.4) is 0 Å². The summed E-state index contributed by atoms with van der Waals surface area (Å²) in [6.45, 7) is 0.400. The molecule has 2 aromatic carbocycles. The van der Waals surface area contributed by atoms with Gasteiger partial charge in [-0.15, -0.1) is 10.2 Å². The van der Waals surface area contributed by atoms with Gasteiger partial charge in [0.1, 0.15) is 23.9 Å². The molecule has 0 aliphatic rings. The second kappa shape index (κ2) is 10.6. The quantitative estimate of drug-likeness (QED) is 0.343. The molecule has 0 radical (unpaired) electrons. The summed E-state index contributed by atoms with van der Waals surface area (Å²) in [7, 11) is -1.64. The molecule has 3 rings (SSSR count). The molecule has 1 aromatic heterocycles. The number of halogens is 1. The maximum absolute atomic E-state index is 14.5. The van der Waals surface area contributed by atoms with Crippen LogP contribution in [0.5, 0.6) is 11.5 Å². The molecule has 0 fully saturated rings. The summed E-state index contributed by atoms with van der Waals surface area (Å²) in [4.78, 5) is 0. The van der Waals surface area contributed by atoms with E-state index in [4.69, 9.17) is 9.47 Å². The van der Waals surface area contributed by atoms with E-state index in [0.29, 0.717) is 46.9 Å². The number of thioether (sulfide) groups is 1. The zero-order chi connectivity index (χ0) is 22.3. The number of benzene rings is 2. The Hall–Kier alpha value is -2.63. The molecular weight excluding hydrogens is 443 g/mol. The summed E-state index contributed by atoms with van der Waals surface area (Å²) in [6, 6.07) is 13.5. The number of nitrogens with one attached hydrogen (secondary N) is 1. The lowest BCUT2D eigenvalue weighted by Crippen LogP contribution is -2.23. The van der Waals surface area contributed by atoms with Crippen molar-refractivity contribution in [3.8, 4) is 17.2 Å². The lowest BCUT2D eigenvalue weighted by Gasteiger charge is -2.12. The van der Waals surface area contributed by atoms with Crippen molar-refractivity contribution in [3.05, 3.63) is 60.2 Å². The van der Waals surface area contributed by atoms with Crippen LogP contribution in [-0.2, 0) is 16.6 Å². The molecular formula is C20H23FN4O4S2. The SMILES string of the molecule is COc1ccc(OCc2nnc(SCCCNS(C)(=O)=O)n2-c2ccccc2F)cc1. The first-order chi connectivity index (χ1) is 14.9. The van der Waals surface area contributed by atoms with E-state index in [0.717, 1.165) is 6.26 Å². The number of para-hydroxylation sites is 1. The van der Waals surface area contributed by atoms with Gasteiger partial charge in [0.05, 0.1) is 19.1 Å². The summed E-state index contributed by atoms with van der Waals surface area (Å²) in [5.74, 6) is 1.94. The Morgan fingerprint density at radius 2 is 1.81 bits per heavy atom. The number of methoxy groups -OCH3 is 1. The number of nitrogens with zero attached hydrogens (tertiary/aromatic N) is 3. The number of aromatic nitrogens is 3. The van der Waals surface area contributed by atoms with Gasteiger partial charge in [0.2, 0.25) is 10.0 Å². The van der Waals surface area contributed by atoms with E-state index >= 15 is 0 Å². The van der Waals surface area contributed by atoms with Crippen molar-refractivity contribution in [3.63, 3.8) is 0 Å². The molecule has 0 atom stereocenters. The molecule has 0 aliphatic heterocycles. The van der Waals surface area contributed by atoms with Crippen LogP contribution in [0.2, 0.25) is 0 Å². The number of hydrogen-bond acceptors (Lipinski definition) is 7. The largest absolute Gasteiger partial charge is 0.497 e. The van der Waals surface area contributed by atoms with Crippen LogP contribution in [-0.4, -0.2) is 48.8 Å². The maximum Gasteiger partial charge on any atom is 0.208 e. The Morgan fingerprint density at radius 1 is 1.10 bits per heavy atom. The van der Waals surface area contributed by atoms with Crippen LogP contribution in [0.25, 0.3) is 5.69 Å². The van der Waals surface area contributed by atoms with Gasteiger partial charge in [-0.2, -0.15) is 0 Å². The van der Waals surface area contributed by atoms with E-state index in [2.05, 4.69) is 14.9 Å². The Morgan fingerprint density at radius 3 is 2.48 bits per heavy atom. The van der Waals surface area contributed by atoms with Crippen LogP contribution in [0.15, 0.2) is 53.7 Å². The number of sulfonamides is 1. The van der Waals surface area contributed by atoms with E-state index < -0.39 is 15.8 Å². The minimum absolute atomic E-state index is 0.0872. The molecule has 8 nitrogen and oxygen atoms in total. The normalized spacial score (nSPS) is 11.5. The Labute approximate surface area is 184 Å². The fraction of sp³-hybridized carbons (Fsp3) is 0.300. The van der Waals surface area contributed by atoms with E-state index in [1.165, 1.54) is 17.8 Å². The molecule has 3 aromatic rings. The minimum atomic E-state index is -3.23. The van der Waals surface area contributed by atoms with Gasteiger partial charge >= 0.3 is 0 Å². The first-order valence-electron chi connectivity index (χ1n) is 9.41. The Balaban J connectivity index is 1.74. The van der Waals surface area contributed by atoms with Gasteiger partial charge < -0.3 is 9.47 Å². The number of hydrogen-bond donors (Lipinski definition) is 1. The third kappa shape index (κ3) is 6.68. The van der Waals surface area contributed by atoms with Crippen molar-refractivity contribution in [2.75, 3.05) is 25.7 Å².